The van der Waals surface area contributed by atoms with Gasteiger partial charge >= 0.3 is 6.18 Å². The maximum Gasteiger partial charge on any atom is 0.433 e. The van der Waals surface area contributed by atoms with Gasteiger partial charge in [0.15, 0.2) is 0 Å². The number of rotatable bonds is 4. The van der Waals surface area contributed by atoms with E-state index in [4.69, 9.17) is 27.9 Å². The molecule has 4 aromatic rings. The van der Waals surface area contributed by atoms with Crippen LogP contribution in [-0.4, -0.2) is 19.7 Å². The van der Waals surface area contributed by atoms with Crippen molar-refractivity contribution >= 4 is 34.1 Å². The normalized spacial score (nSPS) is 11.8. The Balaban J connectivity index is 1.81. The number of ether oxygens (including phenoxy) is 1. The Hall–Kier alpha value is -2.84. The Morgan fingerprint density at radius 1 is 1.10 bits per heavy atom. The van der Waals surface area contributed by atoms with Crippen LogP contribution < -0.4 is 4.74 Å². The van der Waals surface area contributed by atoms with Crippen molar-refractivity contribution < 1.29 is 17.9 Å². The quantitative estimate of drug-likeness (QED) is 0.379. The third kappa shape index (κ3) is 3.80. The molecule has 0 atom stereocenters. The molecule has 0 saturated carbocycles. The molecule has 1 aromatic carbocycles. The fraction of sp³-hybridized carbons (Fsp3) is 0.150. The first-order valence-corrected chi connectivity index (χ1v) is 9.44. The molecule has 0 radical (unpaired) electrons. The van der Waals surface area contributed by atoms with Gasteiger partial charge in [0.2, 0.25) is 0 Å². The molecule has 5 nitrogen and oxygen atoms in total. The minimum Gasteiger partial charge on any atom is -0.487 e. The summed E-state index contributed by atoms with van der Waals surface area (Å²) >= 11 is 12.3. The summed E-state index contributed by atoms with van der Waals surface area (Å²) in [5.41, 5.74) is 0.829. The molecule has 0 spiro atoms. The largest absolute Gasteiger partial charge is 0.487 e. The molecule has 0 fully saturated rings. The highest BCUT2D eigenvalue weighted by Crippen LogP contribution is 2.35. The summed E-state index contributed by atoms with van der Waals surface area (Å²) < 4.78 is 46.9. The van der Waals surface area contributed by atoms with Crippen LogP contribution in [-0.2, 0) is 12.8 Å². The van der Waals surface area contributed by atoms with Crippen molar-refractivity contribution in [1.29, 1.82) is 0 Å². The van der Waals surface area contributed by atoms with Crippen molar-refractivity contribution in [2.45, 2.75) is 19.7 Å². The first kappa shape index (κ1) is 20.4. The average Bonchev–Trinajstić information content (AvgIpc) is 3.17. The number of nitrogens with zero attached hydrogens (tertiary/aromatic N) is 4. The molecule has 3 heterocycles. The molecule has 0 bridgehead atoms. The third-order valence-electron chi connectivity index (χ3n) is 4.39. The van der Waals surface area contributed by atoms with Gasteiger partial charge in [-0.25, -0.2) is 9.67 Å². The maximum atomic E-state index is 13.4. The molecular weight excluding hydrogens is 440 g/mol. The Kier molecular flexibility index (Phi) is 5.29. The van der Waals surface area contributed by atoms with Crippen LogP contribution in [0.4, 0.5) is 13.2 Å². The second-order valence-corrected chi connectivity index (χ2v) is 7.25. The van der Waals surface area contributed by atoms with Crippen molar-refractivity contribution in [3.63, 3.8) is 0 Å². The van der Waals surface area contributed by atoms with Gasteiger partial charge in [0.25, 0.3) is 0 Å². The third-order valence-corrected chi connectivity index (χ3v) is 5.05. The van der Waals surface area contributed by atoms with Crippen molar-refractivity contribution in [2.75, 3.05) is 0 Å². The van der Waals surface area contributed by atoms with Crippen molar-refractivity contribution in [3.8, 4) is 11.4 Å². The number of benzene rings is 1. The van der Waals surface area contributed by atoms with Crippen molar-refractivity contribution in [2.24, 2.45) is 0 Å². The van der Waals surface area contributed by atoms with Gasteiger partial charge in [0.1, 0.15) is 23.6 Å². The van der Waals surface area contributed by atoms with E-state index in [0.717, 1.165) is 16.9 Å². The number of pyridine rings is 2. The Labute approximate surface area is 179 Å². The Morgan fingerprint density at radius 3 is 2.53 bits per heavy atom. The first-order chi connectivity index (χ1) is 14.3. The van der Waals surface area contributed by atoms with Crippen LogP contribution in [0.1, 0.15) is 17.0 Å². The topological polar surface area (TPSA) is 52.8 Å². The zero-order valence-corrected chi connectivity index (χ0v) is 16.9. The lowest BCUT2D eigenvalue weighted by Gasteiger charge is -2.15. The van der Waals surface area contributed by atoms with Gasteiger partial charge in [-0.3, -0.25) is 4.98 Å². The Morgan fingerprint density at radius 2 is 1.83 bits per heavy atom. The fourth-order valence-electron chi connectivity index (χ4n) is 3.06. The van der Waals surface area contributed by atoms with E-state index in [1.54, 1.807) is 31.2 Å². The average molecular weight is 453 g/mol. The number of hydrogen-bond donors (Lipinski definition) is 0. The molecule has 30 heavy (non-hydrogen) atoms. The van der Waals surface area contributed by atoms with Crippen LogP contribution >= 0.6 is 23.2 Å². The highest BCUT2D eigenvalue weighted by atomic mass is 35.5. The highest BCUT2D eigenvalue weighted by molar-refractivity contribution is 6.35. The molecule has 0 aliphatic rings. The van der Waals surface area contributed by atoms with Crippen LogP contribution in [0.15, 0.2) is 48.9 Å². The van der Waals surface area contributed by atoms with E-state index < -0.39 is 11.9 Å². The predicted octanol–water partition coefficient (Wildman–Crippen LogP) is 6.03. The second-order valence-electron chi connectivity index (χ2n) is 6.43. The summed E-state index contributed by atoms with van der Waals surface area (Å²) in [7, 11) is 0. The van der Waals surface area contributed by atoms with Crippen molar-refractivity contribution in [3.05, 3.63) is 75.9 Å². The van der Waals surface area contributed by atoms with Crippen LogP contribution in [0.2, 0.25) is 10.0 Å². The van der Waals surface area contributed by atoms with Gasteiger partial charge in [0.05, 0.1) is 21.9 Å². The van der Waals surface area contributed by atoms with E-state index in [1.807, 2.05) is 0 Å². The fourth-order valence-corrected chi connectivity index (χ4v) is 3.53. The summed E-state index contributed by atoms with van der Waals surface area (Å²) in [6.07, 6.45) is -0.542. The summed E-state index contributed by atoms with van der Waals surface area (Å²) in [4.78, 5) is 8.37. The molecule has 4 rings (SSSR count). The zero-order valence-electron chi connectivity index (χ0n) is 15.4. The summed E-state index contributed by atoms with van der Waals surface area (Å²) in [5, 5.41) is 5.03. The van der Waals surface area contributed by atoms with Gasteiger partial charge in [-0.15, -0.1) is 0 Å². The maximum absolute atomic E-state index is 13.4. The standard InChI is InChI=1S/C20H13Cl2F3N4O/c1-11-7-16(29-18(5-6-27-29)20(23,24)25)12-3-2-4-17(19(12)28-11)30-10-13-14(21)8-26-9-15(13)22/h2-9H,10H2,1H3. The minimum absolute atomic E-state index is 0.0415. The lowest BCUT2D eigenvalue weighted by molar-refractivity contribution is -0.142. The molecule has 0 saturated heterocycles. The number of fused-ring (bicyclic) bond motifs is 1. The minimum atomic E-state index is -4.55. The molecule has 0 amide bonds. The monoisotopic (exact) mass is 452 g/mol. The molecule has 0 N–H and O–H groups in total. The smallest absolute Gasteiger partial charge is 0.433 e. The molecular formula is C20H13Cl2F3N4O. The van der Waals surface area contributed by atoms with Gasteiger partial charge in [-0.1, -0.05) is 35.3 Å². The molecule has 0 aliphatic heterocycles. The summed E-state index contributed by atoms with van der Waals surface area (Å²) in [6.45, 7) is 1.73. The molecule has 10 heteroatoms. The van der Waals surface area contributed by atoms with Gasteiger partial charge < -0.3 is 4.74 Å². The lowest BCUT2D eigenvalue weighted by Crippen LogP contribution is -2.14. The van der Waals surface area contributed by atoms with Crippen LogP contribution in [0.3, 0.4) is 0 Å². The molecule has 3 aromatic heterocycles. The van der Waals surface area contributed by atoms with Crippen molar-refractivity contribution in [1.82, 2.24) is 19.7 Å². The lowest BCUT2D eigenvalue weighted by atomic mass is 10.1. The number of hydrogen-bond acceptors (Lipinski definition) is 4. The second kappa shape index (κ2) is 7.77. The molecule has 0 aliphatic carbocycles. The molecule has 0 unspecified atom stereocenters. The highest BCUT2D eigenvalue weighted by Gasteiger charge is 2.35. The number of aromatic nitrogens is 4. The summed E-state index contributed by atoms with van der Waals surface area (Å²) in [5.74, 6) is 0.377. The van der Waals surface area contributed by atoms with Crippen LogP contribution in [0.25, 0.3) is 16.6 Å². The number of alkyl halides is 3. The van der Waals surface area contributed by atoms with E-state index in [0.29, 0.717) is 38.0 Å². The SMILES string of the molecule is Cc1cc(-n2nccc2C(F)(F)F)c2cccc(OCc3c(Cl)cncc3Cl)c2n1. The zero-order chi connectivity index (χ0) is 21.5. The van der Waals surface area contributed by atoms with E-state index >= 15 is 0 Å². The van der Waals surface area contributed by atoms with Crippen LogP contribution in [0.5, 0.6) is 5.75 Å². The van der Waals surface area contributed by atoms with Gasteiger partial charge in [0, 0.05) is 29.0 Å². The van der Waals surface area contributed by atoms with Gasteiger partial charge in [-0.2, -0.15) is 18.3 Å². The van der Waals surface area contributed by atoms with Gasteiger partial charge in [-0.05, 0) is 25.1 Å². The number of halogens is 5. The Bertz CT molecular complexity index is 1220. The number of aryl methyl sites for hydroxylation is 1. The van der Waals surface area contributed by atoms with E-state index in [2.05, 4.69) is 15.1 Å². The van der Waals surface area contributed by atoms with Crippen LogP contribution in [0, 0.1) is 6.92 Å². The summed E-state index contributed by atoms with van der Waals surface area (Å²) in [6, 6.07) is 7.48. The van der Waals surface area contributed by atoms with E-state index in [1.165, 1.54) is 12.4 Å². The number of para-hydroxylation sites is 1. The molecule has 154 valence electrons. The van der Waals surface area contributed by atoms with E-state index in [9.17, 15) is 13.2 Å². The first-order valence-electron chi connectivity index (χ1n) is 8.68. The van der Waals surface area contributed by atoms with E-state index in [-0.39, 0.29) is 12.3 Å². The predicted molar refractivity (Wildman–Crippen MR) is 107 cm³/mol.